The summed E-state index contributed by atoms with van der Waals surface area (Å²) in [5, 5.41) is 45.2. The van der Waals surface area contributed by atoms with Gasteiger partial charge in [-0.3, -0.25) is 5.41 Å². The van der Waals surface area contributed by atoms with Crippen LogP contribution in [0.1, 0.15) is 44.2 Å². The topological polar surface area (TPSA) is 194 Å². The summed E-state index contributed by atoms with van der Waals surface area (Å²) >= 11 is 0. The Labute approximate surface area is 168 Å². The number of hydrogen-bond acceptors (Lipinski definition) is 8. The van der Waals surface area contributed by atoms with Gasteiger partial charge in [-0.05, 0) is 25.0 Å². The molecule has 1 fully saturated rings. The predicted octanol–water partition coefficient (Wildman–Crippen LogP) is 0.539. The molecule has 1 aliphatic rings. The molecule has 0 aliphatic carbocycles. The quantitative estimate of drug-likeness (QED) is 0.268. The first-order valence-electron chi connectivity index (χ1n) is 9.16. The Hall–Kier alpha value is -2.94. The SMILES string of the molecule is CCC(CC)OC(=N)OC[C@@]1(C#N)O[C@@H](c2ccc(C(N)=NC=N)[nH]2)[C@H](O)[C@@H]1O. The maximum absolute atomic E-state index is 10.4. The predicted molar refractivity (Wildman–Crippen MR) is 104 cm³/mol. The molecule has 4 atom stereocenters. The number of aliphatic imine (C=N–C) groups is 1. The fourth-order valence-corrected chi connectivity index (χ4v) is 2.98. The lowest BCUT2D eigenvalue weighted by Crippen LogP contribution is -2.46. The highest BCUT2D eigenvalue weighted by Crippen LogP contribution is 2.40. The standard InChI is InChI=1S/C18H26N6O5/c1-3-10(4-2)28-17(22)27-8-18(7-19)15(26)13(25)14(29-18)11-5-6-12(24-11)16(21)23-9-20/h5-6,9-10,13-15,22,24-26H,3-4,8H2,1-2H3,(H3,20,21,23)/t13-,14-,15-,18+/m0/s1. The number of amidine groups is 1. The molecule has 0 saturated carbocycles. The van der Waals surface area contributed by atoms with E-state index in [1.807, 2.05) is 19.9 Å². The largest absolute Gasteiger partial charge is 0.448 e. The molecular formula is C18H26N6O5. The smallest absolute Gasteiger partial charge is 0.380 e. The number of nitriles is 1. The highest BCUT2D eigenvalue weighted by atomic mass is 16.7. The van der Waals surface area contributed by atoms with Gasteiger partial charge in [-0.2, -0.15) is 5.26 Å². The maximum Gasteiger partial charge on any atom is 0.380 e. The second-order valence-electron chi connectivity index (χ2n) is 6.58. The number of aromatic nitrogens is 1. The summed E-state index contributed by atoms with van der Waals surface area (Å²) in [5.74, 6) is 0.0566. The number of nitrogens with two attached hydrogens (primary N) is 1. The molecule has 0 aromatic carbocycles. The Morgan fingerprint density at radius 1 is 1.48 bits per heavy atom. The number of aromatic amines is 1. The van der Waals surface area contributed by atoms with Crippen molar-refractivity contribution in [3.63, 3.8) is 0 Å². The van der Waals surface area contributed by atoms with Gasteiger partial charge in [-0.25, -0.2) is 10.4 Å². The number of ether oxygens (including phenoxy) is 3. The van der Waals surface area contributed by atoms with Gasteiger partial charge in [0.05, 0.1) is 5.69 Å². The molecular weight excluding hydrogens is 380 g/mol. The second kappa shape index (κ2) is 9.51. The van der Waals surface area contributed by atoms with Gasteiger partial charge in [-0.1, -0.05) is 13.8 Å². The minimum absolute atomic E-state index is 0.0566. The van der Waals surface area contributed by atoms with Crippen LogP contribution in [0.4, 0.5) is 0 Å². The van der Waals surface area contributed by atoms with Crippen LogP contribution in [-0.2, 0) is 14.2 Å². The lowest BCUT2D eigenvalue weighted by Gasteiger charge is -2.25. The molecule has 1 aliphatic heterocycles. The number of nitrogens with one attached hydrogen (secondary N) is 3. The van der Waals surface area contributed by atoms with Crippen LogP contribution in [0.3, 0.4) is 0 Å². The Morgan fingerprint density at radius 2 is 2.17 bits per heavy atom. The highest BCUT2D eigenvalue weighted by molar-refractivity contribution is 5.99. The molecule has 7 N–H and O–H groups in total. The molecule has 0 radical (unpaired) electrons. The number of aliphatic hydroxyl groups excluding tert-OH is 2. The summed E-state index contributed by atoms with van der Waals surface area (Å²) in [5.41, 5.74) is 4.56. The molecule has 1 aromatic heterocycles. The molecule has 29 heavy (non-hydrogen) atoms. The van der Waals surface area contributed by atoms with Crippen LogP contribution in [0.2, 0.25) is 0 Å². The monoisotopic (exact) mass is 406 g/mol. The Morgan fingerprint density at radius 3 is 2.76 bits per heavy atom. The van der Waals surface area contributed by atoms with Gasteiger partial charge in [0.2, 0.25) is 5.60 Å². The first-order valence-corrected chi connectivity index (χ1v) is 9.16. The molecule has 2 heterocycles. The van der Waals surface area contributed by atoms with E-state index in [-0.39, 0.29) is 11.9 Å². The Balaban J connectivity index is 2.13. The number of H-pyrrole nitrogens is 1. The van der Waals surface area contributed by atoms with E-state index in [9.17, 15) is 15.5 Å². The van der Waals surface area contributed by atoms with Crippen LogP contribution in [0.15, 0.2) is 17.1 Å². The summed E-state index contributed by atoms with van der Waals surface area (Å²) in [6.45, 7) is 3.32. The van der Waals surface area contributed by atoms with Crippen molar-refractivity contribution in [3.05, 3.63) is 23.5 Å². The third-order valence-electron chi connectivity index (χ3n) is 4.73. The fraction of sp³-hybridized carbons (Fsp3) is 0.556. The minimum atomic E-state index is -1.90. The average Bonchev–Trinajstić information content (AvgIpc) is 3.30. The second-order valence-corrected chi connectivity index (χ2v) is 6.58. The van der Waals surface area contributed by atoms with Crippen molar-refractivity contribution in [2.24, 2.45) is 10.7 Å². The van der Waals surface area contributed by atoms with Gasteiger partial charge in [0, 0.05) is 5.69 Å². The third-order valence-corrected chi connectivity index (χ3v) is 4.73. The summed E-state index contributed by atoms with van der Waals surface area (Å²) in [6, 6.07) is 4.98. The highest BCUT2D eigenvalue weighted by Gasteiger charge is 2.56. The summed E-state index contributed by atoms with van der Waals surface area (Å²) in [6.07, 6.45) is -2.60. The summed E-state index contributed by atoms with van der Waals surface area (Å²) < 4.78 is 16.2. The average molecular weight is 406 g/mol. The molecule has 0 bridgehead atoms. The van der Waals surface area contributed by atoms with Crippen molar-refractivity contribution >= 4 is 18.3 Å². The van der Waals surface area contributed by atoms with E-state index in [1.54, 1.807) is 12.1 Å². The number of nitrogens with zero attached hydrogens (tertiary/aromatic N) is 2. The van der Waals surface area contributed by atoms with E-state index in [1.165, 1.54) is 0 Å². The van der Waals surface area contributed by atoms with Crippen LogP contribution >= 0.6 is 0 Å². The lowest BCUT2D eigenvalue weighted by atomic mass is 9.96. The van der Waals surface area contributed by atoms with Gasteiger partial charge in [0.25, 0.3) is 0 Å². The fourth-order valence-electron chi connectivity index (χ4n) is 2.98. The van der Waals surface area contributed by atoms with Crippen molar-refractivity contribution in [2.75, 3.05) is 6.61 Å². The van der Waals surface area contributed by atoms with E-state index in [0.29, 0.717) is 24.2 Å². The van der Waals surface area contributed by atoms with Crippen molar-refractivity contribution in [1.29, 1.82) is 16.1 Å². The normalized spacial score (nSPS) is 26.9. The molecule has 11 nitrogen and oxygen atoms in total. The van der Waals surface area contributed by atoms with E-state index in [0.717, 1.165) is 6.34 Å². The van der Waals surface area contributed by atoms with Crippen LogP contribution in [0.5, 0.6) is 0 Å². The van der Waals surface area contributed by atoms with Gasteiger partial charge in [-0.15, -0.1) is 0 Å². The van der Waals surface area contributed by atoms with Crippen LogP contribution in [0.25, 0.3) is 0 Å². The summed E-state index contributed by atoms with van der Waals surface area (Å²) in [7, 11) is 0. The molecule has 0 spiro atoms. The molecule has 0 amide bonds. The maximum atomic E-state index is 10.4. The molecule has 2 rings (SSSR count). The number of hydrogen-bond donors (Lipinski definition) is 6. The van der Waals surface area contributed by atoms with Crippen molar-refractivity contribution in [3.8, 4) is 6.07 Å². The van der Waals surface area contributed by atoms with E-state index < -0.39 is 36.6 Å². The van der Waals surface area contributed by atoms with Crippen LogP contribution < -0.4 is 5.73 Å². The minimum Gasteiger partial charge on any atom is -0.448 e. The van der Waals surface area contributed by atoms with E-state index in [4.69, 9.17) is 30.8 Å². The first-order chi connectivity index (χ1) is 13.8. The number of rotatable bonds is 8. The molecule has 1 aromatic rings. The zero-order valence-electron chi connectivity index (χ0n) is 16.3. The lowest BCUT2D eigenvalue weighted by molar-refractivity contribution is -0.0785. The zero-order valence-corrected chi connectivity index (χ0v) is 16.3. The van der Waals surface area contributed by atoms with Crippen LogP contribution in [-0.4, -0.2) is 64.0 Å². The molecule has 158 valence electrons. The number of aliphatic hydroxyl groups is 2. The van der Waals surface area contributed by atoms with Crippen molar-refractivity contribution in [1.82, 2.24) is 4.98 Å². The molecule has 0 unspecified atom stereocenters. The summed E-state index contributed by atoms with van der Waals surface area (Å²) in [4.78, 5) is 6.53. The Kier molecular flexibility index (Phi) is 7.33. The van der Waals surface area contributed by atoms with Gasteiger partial charge < -0.3 is 35.1 Å². The molecule has 11 heteroatoms. The van der Waals surface area contributed by atoms with E-state index >= 15 is 0 Å². The van der Waals surface area contributed by atoms with Gasteiger partial charge >= 0.3 is 6.08 Å². The Bertz CT molecular complexity index is 799. The van der Waals surface area contributed by atoms with Gasteiger partial charge in [0.15, 0.2) is 0 Å². The van der Waals surface area contributed by atoms with Crippen LogP contribution in [0, 0.1) is 22.1 Å². The van der Waals surface area contributed by atoms with E-state index in [2.05, 4.69) is 9.98 Å². The first kappa shape index (κ1) is 22.4. The molecule has 1 saturated heterocycles. The zero-order chi connectivity index (χ0) is 21.6. The van der Waals surface area contributed by atoms with Gasteiger partial charge in [0.1, 0.15) is 49.3 Å². The van der Waals surface area contributed by atoms with Crippen molar-refractivity contribution in [2.45, 2.75) is 56.7 Å². The van der Waals surface area contributed by atoms with Crippen molar-refractivity contribution < 1.29 is 24.4 Å². The third kappa shape index (κ3) is 4.73.